The van der Waals surface area contributed by atoms with E-state index in [1.54, 1.807) is 19.1 Å². The van der Waals surface area contributed by atoms with Crippen LogP contribution in [0.1, 0.15) is 6.92 Å². The lowest BCUT2D eigenvalue weighted by Gasteiger charge is -2.38. The molecule has 1 aromatic carbocycles. The van der Waals surface area contributed by atoms with Gasteiger partial charge >= 0.3 is 5.97 Å². The number of carbonyl (C=O) groups excluding carboxylic acids is 1. The number of anilines is 1. The molecule has 0 spiro atoms. The summed E-state index contributed by atoms with van der Waals surface area (Å²) >= 11 is 0. The van der Waals surface area contributed by atoms with Crippen LogP contribution in [0.15, 0.2) is 24.3 Å². The Kier molecular flexibility index (Phi) is 4.80. The predicted molar refractivity (Wildman–Crippen MR) is 79.7 cm³/mol. The standard InChI is InChI=1S/C15H22FN3O2/c1-15(17,14(20)21-2)11-18-7-9-19(10-8-18)13-5-3-12(16)4-6-13/h3-6H,7-11,17H2,1-2H3. The minimum atomic E-state index is -0.993. The third-order valence-electron chi connectivity index (χ3n) is 3.77. The zero-order chi connectivity index (χ0) is 15.5. The van der Waals surface area contributed by atoms with E-state index < -0.39 is 11.5 Å². The van der Waals surface area contributed by atoms with E-state index >= 15 is 0 Å². The molecule has 0 saturated carbocycles. The first-order valence-electron chi connectivity index (χ1n) is 7.02. The highest BCUT2D eigenvalue weighted by Crippen LogP contribution is 2.17. The highest BCUT2D eigenvalue weighted by molar-refractivity contribution is 5.80. The van der Waals surface area contributed by atoms with Gasteiger partial charge in [-0.2, -0.15) is 0 Å². The maximum absolute atomic E-state index is 12.9. The van der Waals surface area contributed by atoms with Crippen molar-refractivity contribution in [3.63, 3.8) is 0 Å². The largest absolute Gasteiger partial charge is 0.468 e. The minimum absolute atomic E-state index is 0.227. The molecule has 0 aliphatic carbocycles. The van der Waals surface area contributed by atoms with Gasteiger partial charge in [0.15, 0.2) is 0 Å². The van der Waals surface area contributed by atoms with Gasteiger partial charge in [-0.1, -0.05) is 0 Å². The Labute approximate surface area is 124 Å². The van der Waals surface area contributed by atoms with Crippen LogP contribution in [0.5, 0.6) is 0 Å². The summed E-state index contributed by atoms with van der Waals surface area (Å²) < 4.78 is 17.6. The van der Waals surface area contributed by atoms with Crippen LogP contribution in [0, 0.1) is 5.82 Å². The van der Waals surface area contributed by atoms with Crippen LogP contribution in [0.4, 0.5) is 10.1 Å². The average Bonchev–Trinajstić information content (AvgIpc) is 2.47. The van der Waals surface area contributed by atoms with Crippen LogP contribution in [0.2, 0.25) is 0 Å². The normalized spacial score (nSPS) is 19.1. The van der Waals surface area contributed by atoms with Gasteiger partial charge in [-0.15, -0.1) is 0 Å². The first-order chi connectivity index (χ1) is 9.92. The number of nitrogens with two attached hydrogens (primary N) is 1. The second kappa shape index (κ2) is 6.41. The predicted octanol–water partition coefficient (Wildman–Crippen LogP) is 0.838. The number of hydrogen-bond donors (Lipinski definition) is 1. The van der Waals surface area contributed by atoms with Gasteiger partial charge in [-0.25, -0.2) is 4.39 Å². The molecule has 5 nitrogen and oxygen atoms in total. The molecule has 1 aliphatic rings. The van der Waals surface area contributed by atoms with E-state index in [1.807, 2.05) is 0 Å². The van der Waals surface area contributed by atoms with E-state index in [1.165, 1.54) is 19.2 Å². The third kappa shape index (κ3) is 3.92. The van der Waals surface area contributed by atoms with Crippen LogP contribution in [0.3, 0.4) is 0 Å². The number of esters is 1. The Morgan fingerprint density at radius 1 is 1.29 bits per heavy atom. The van der Waals surface area contributed by atoms with E-state index in [0.29, 0.717) is 6.54 Å². The molecule has 1 heterocycles. The third-order valence-corrected chi connectivity index (χ3v) is 3.77. The number of piperazine rings is 1. The Balaban J connectivity index is 1.88. The number of carbonyl (C=O) groups is 1. The Morgan fingerprint density at radius 3 is 2.38 bits per heavy atom. The van der Waals surface area contributed by atoms with E-state index in [4.69, 9.17) is 10.5 Å². The lowest BCUT2D eigenvalue weighted by atomic mass is 10.0. The van der Waals surface area contributed by atoms with Crippen molar-refractivity contribution >= 4 is 11.7 Å². The second-order valence-corrected chi connectivity index (χ2v) is 5.65. The quantitative estimate of drug-likeness (QED) is 0.834. The van der Waals surface area contributed by atoms with Crippen molar-refractivity contribution in [3.8, 4) is 0 Å². The number of rotatable bonds is 4. The summed E-state index contributed by atoms with van der Waals surface area (Å²) in [5.41, 5.74) is 6.01. The smallest absolute Gasteiger partial charge is 0.326 e. The first kappa shape index (κ1) is 15.7. The molecule has 0 amide bonds. The van der Waals surface area contributed by atoms with Gasteiger partial charge in [0.05, 0.1) is 7.11 Å². The van der Waals surface area contributed by atoms with Crippen LogP contribution in [-0.2, 0) is 9.53 Å². The molecular weight excluding hydrogens is 273 g/mol. The first-order valence-corrected chi connectivity index (χ1v) is 7.02. The molecule has 1 atom stereocenters. The van der Waals surface area contributed by atoms with Crippen LogP contribution < -0.4 is 10.6 Å². The SMILES string of the molecule is COC(=O)C(C)(N)CN1CCN(c2ccc(F)cc2)CC1. The van der Waals surface area contributed by atoms with Crippen LogP contribution >= 0.6 is 0 Å². The van der Waals surface area contributed by atoms with Crippen molar-refractivity contribution in [3.05, 3.63) is 30.1 Å². The molecule has 0 aromatic heterocycles. The molecule has 1 aromatic rings. The average molecular weight is 295 g/mol. The number of nitrogens with zero attached hydrogens (tertiary/aromatic N) is 2. The zero-order valence-electron chi connectivity index (χ0n) is 12.5. The van der Waals surface area contributed by atoms with Crippen molar-refractivity contribution in [1.29, 1.82) is 0 Å². The maximum Gasteiger partial charge on any atom is 0.326 e. The molecule has 1 aliphatic heterocycles. The lowest BCUT2D eigenvalue weighted by molar-refractivity contribution is -0.147. The summed E-state index contributed by atoms with van der Waals surface area (Å²) in [5.74, 6) is -0.627. The summed E-state index contributed by atoms with van der Waals surface area (Å²) in [6, 6.07) is 6.50. The van der Waals surface area contributed by atoms with E-state index in [2.05, 4.69) is 9.80 Å². The second-order valence-electron chi connectivity index (χ2n) is 5.65. The molecule has 116 valence electrons. The van der Waals surface area contributed by atoms with Gasteiger partial charge in [0.1, 0.15) is 11.4 Å². The fourth-order valence-corrected chi connectivity index (χ4v) is 2.58. The summed E-state index contributed by atoms with van der Waals surface area (Å²) in [4.78, 5) is 16.0. The number of ether oxygens (including phenoxy) is 1. The van der Waals surface area contributed by atoms with Crippen molar-refractivity contribution < 1.29 is 13.9 Å². The molecule has 6 heteroatoms. The fourth-order valence-electron chi connectivity index (χ4n) is 2.58. The van der Waals surface area contributed by atoms with Gasteiger partial charge in [0, 0.05) is 38.4 Å². The molecule has 21 heavy (non-hydrogen) atoms. The number of hydrogen-bond acceptors (Lipinski definition) is 5. The Bertz CT molecular complexity index is 482. The highest BCUT2D eigenvalue weighted by atomic mass is 19.1. The summed E-state index contributed by atoms with van der Waals surface area (Å²) in [6.45, 7) is 5.41. The van der Waals surface area contributed by atoms with Crippen molar-refractivity contribution in [1.82, 2.24) is 4.90 Å². The minimum Gasteiger partial charge on any atom is -0.468 e. The fraction of sp³-hybridized carbons (Fsp3) is 0.533. The Hall–Kier alpha value is -1.66. The molecule has 1 unspecified atom stereocenters. The van der Waals surface area contributed by atoms with Gasteiger partial charge in [0.25, 0.3) is 0 Å². The maximum atomic E-state index is 12.9. The Morgan fingerprint density at radius 2 is 1.86 bits per heavy atom. The topological polar surface area (TPSA) is 58.8 Å². The summed E-state index contributed by atoms with van der Waals surface area (Å²) in [7, 11) is 1.35. The zero-order valence-corrected chi connectivity index (χ0v) is 12.5. The van der Waals surface area contributed by atoms with Gasteiger partial charge in [-0.05, 0) is 31.2 Å². The number of methoxy groups -OCH3 is 1. The lowest BCUT2D eigenvalue weighted by Crippen LogP contribution is -2.58. The van der Waals surface area contributed by atoms with Crippen LogP contribution in [0.25, 0.3) is 0 Å². The monoisotopic (exact) mass is 295 g/mol. The molecule has 0 bridgehead atoms. The number of halogens is 1. The van der Waals surface area contributed by atoms with Crippen molar-refractivity contribution in [2.45, 2.75) is 12.5 Å². The van der Waals surface area contributed by atoms with Gasteiger partial charge in [-0.3, -0.25) is 9.69 Å². The molecule has 2 rings (SSSR count). The van der Waals surface area contributed by atoms with Crippen molar-refractivity contribution in [2.75, 3.05) is 44.7 Å². The van der Waals surface area contributed by atoms with E-state index in [9.17, 15) is 9.18 Å². The van der Waals surface area contributed by atoms with Crippen molar-refractivity contribution in [2.24, 2.45) is 5.73 Å². The molecule has 0 radical (unpaired) electrons. The molecule has 1 saturated heterocycles. The van der Waals surface area contributed by atoms with E-state index in [-0.39, 0.29) is 5.82 Å². The molecule has 2 N–H and O–H groups in total. The highest BCUT2D eigenvalue weighted by Gasteiger charge is 2.32. The summed E-state index contributed by atoms with van der Waals surface area (Å²) in [5, 5.41) is 0. The van der Waals surface area contributed by atoms with Gasteiger partial charge < -0.3 is 15.4 Å². The van der Waals surface area contributed by atoms with Gasteiger partial charge in [0.2, 0.25) is 0 Å². The molecule has 1 fully saturated rings. The molecular formula is C15H22FN3O2. The van der Waals surface area contributed by atoms with E-state index in [0.717, 1.165) is 31.9 Å². The van der Waals surface area contributed by atoms with Crippen LogP contribution in [-0.4, -0.2) is 56.2 Å². The summed E-state index contributed by atoms with van der Waals surface area (Å²) in [6.07, 6.45) is 0. The number of benzene rings is 1.